The van der Waals surface area contributed by atoms with Gasteiger partial charge in [-0.1, -0.05) is 0 Å². The third-order valence-corrected chi connectivity index (χ3v) is 5.49. The number of ether oxygens (including phenoxy) is 1. The molecule has 6 heteroatoms. The van der Waals surface area contributed by atoms with Crippen molar-refractivity contribution < 1.29 is 14.6 Å². The highest BCUT2D eigenvalue weighted by Gasteiger charge is 2.37. The van der Waals surface area contributed by atoms with Gasteiger partial charge in [0.2, 0.25) is 0 Å². The molecule has 2 fully saturated rings. The van der Waals surface area contributed by atoms with Gasteiger partial charge in [0.25, 0.3) is 5.91 Å². The average molecular weight is 349 g/mol. The van der Waals surface area contributed by atoms with E-state index < -0.39 is 5.60 Å². The van der Waals surface area contributed by atoms with E-state index in [4.69, 9.17) is 4.74 Å². The van der Waals surface area contributed by atoms with Gasteiger partial charge in [0.05, 0.1) is 25.3 Å². The van der Waals surface area contributed by atoms with E-state index >= 15 is 0 Å². The quantitative estimate of drug-likeness (QED) is 0.893. The van der Waals surface area contributed by atoms with Crippen LogP contribution in [0, 0.1) is 13.8 Å². The Labute approximate surface area is 150 Å². The van der Waals surface area contributed by atoms with Crippen LogP contribution in [0.4, 0.5) is 0 Å². The lowest BCUT2D eigenvalue weighted by Crippen LogP contribution is -2.53. The minimum Gasteiger partial charge on any atom is -0.384 e. The average Bonchev–Trinajstić information content (AvgIpc) is 3.11. The van der Waals surface area contributed by atoms with Crippen molar-refractivity contribution >= 4 is 5.91 Å². The van der Waals surface area contributed by atoms with Gasteiger partial charge in [0.1, 0.15) is 5.60 Å². The maximum Gasteiger partial charge on any atom is 0.255 e. The first-order chi connectivity index (χ1) is 11.9. The SMILES string of the molecule is CCn1c(C)cc(C(=O)N2CCOCC(O)(CN3CCCC3)C2)c1C. The molecule has 25 heavy (non-hydrogen) atoms. The summed E-state index contributed by atoms with van der Waals surface area (Å²) in [6.07, 6.45) is 2.37. The topological polar surface area (TPSA) is 57.9 Å². The number of likely N-dealkylation sites (tertiary alicyclic amines) is 1. The number of carbonyl (C=O) groups is 1. The van der Waals surface area contributed by atoms with Gasteiger partial charge in [0, 0.05) is 31.0 Å². The van der Waals surface area contributed by atoms with Crippen molar-refractivity contribution in [3.8, 4) is 0 Å². The van der Waals surface area contributed by atoms with Crippen LogP contribution in [0.1, 0.15) is 41.5 Å². The molecule has 0 bridgehead atoms. The Kier molecular flexibility index (Phi) is 5.51. The van der Waals surface area contributed by atoms with Crippen LogP contribution >= 0.6 is 0 Å². The zero-order chi connectivity index (χ0) is 18.0. The first-order valence-corrected chi connectivity index (χ1v) is 9.42. The molecule has 0 saturated carbocycles. The van der Waals surface area contributed by atoms with E-state index in [9.17, 15) is 9.90 Å². The molecule has 1 N–H and O–H groups in total. The number of β-amino-alcohol motifs (C(OH)–C–C–N with tert-alkyl or cyclic N) is 1. The number of rotatable bonds is 4. The normalized spacial score (nSPS) is 25.4. The van der Waals surface area contributed by atoms with Gasteiger partial charge in [-0.25, -0.2) is 0 Å². The van der Waals surface area contributed by atoms with Crippen LogP contribution in [0.15, 0.2) is 6.07 Å². The molecular weight excluding hydrogens is 318 g/mol. The fraction of sp³-hybridized carbons (Fsp3) is 0.737. The van der Waals surface area contributed by atoms with E-state index in [0.717, 1.165) is 36.6 Å². The second-order valence-electron chi connectivity index (χ2n) is 7.52. The third-order valence-electron chi connectivity index (χ3n) is 5.49. The molecule has 0 aliphatic carbocycles. The number of aliphatic hydroxyl groups is 1. The molecule has 6 nitrogen and oxygen atoms in total. The summed E-state index contributed by atoms with van der Waals surface area (Å²) in [4.78, 5) is 17.2. The molecular formula is C19H31N3O3. The largest absolute Gasteiger partial charge is 0.384 e. The van der Waals surface area contributed by atoms with Crippen LogP contribution in [0.2, 0.25) is 0 Å². The zero-order valence-corrected chi connectivity index (χ0v) is 15.8. The summed E-state index contributed by atoms with van der Waals surface area (Å²) >= 11 is 0. The fourth-order valence-electron chi connectivity index (χ4n) is 4.22. The summed E-state index contributed by atoms with van der Waals surface area (Å²) in [6, 6.07) is 1.96. The van der Waals surface area contributed by atoms with Crippen molar-refractivity contribution in [1.82, 2.24) is 14.4 Å². The highest BCUT2D eigenvalue weighted by molar-refractivity contribution is 5.95. The molecule has 1 atom stereocenters. The van der Waals surface area contributed by atoms with Crippen molar-refractivity contribution in [2.24, 2.45) is 0 Å². The zero-order valence-electron chi connectivity index (χ0n) is 15.8. The summed E-state index contributed by atoms with van der Waals surface area (Å²) in [5, 5.41) is 11.1. The van der Waals surface area contributed by atoms with Crippen molar-refractivity contribution in [2.75, 3.05) is 45.9 Å². The van der Waals surface area contributed by atoms with Gasteiger partial charge in [-0.2, -0.15) is 0 Å². The predicted octanol–water partition coefficient (Wildman–Crippen LogP) is 1.42. The monoisotopic (exact) mass is 349 g/mol. The number of hydrogen-bond donors (Lipinski definition) is 1. The van der Waals surface area contributed by atoms with Crippen molar-refractivity contribution in [1.29, 1.82) is 0 Å². The molecule has 1 unspecified atom stereocenters. The third kappa shape index (κ3) is 3.91. The van der Waals surface area contributed by atoms with Gasteiger partial charge >= 0.3 is 0 Å². The smallest absolute Gasteiger partial charge is 0.255 e. The standard InChI is InChI=1S/C19H31N3O3/c1-4-22-15(2)11-17(16(22)3)18(23)21-9-10-25-14-19(24,13-21)12-20-7-5-6-8-20/h11,24H,4-10,12-14H2,1-3H3. The Hall–Kier alpha value is -1.37. The predicted molar refractivity (Wildman–Crippen MR) is 96.9 cm³/mol. The maximum atomic E-state index is 13.1. The lowest BCUT2D eigenvalue weighted by molar-refractivity contribution is -0.0524. The first-order valence-electron chi connectivity index (χ1n) is 9.42. The van der Waals surface area contributed by atoms with Crippen molar-refractivity contribution in [2.45, 2.75) is 45.8 Å². The molecule has 0 radical (unpaired) electrons. The second kappa shape index (κ2) is 7.48. The minimum absolute atomic E-state index is 0.00172. The molecule has 1 aromatic heterocycles. The lowest BCUT2D eigenvalue weighted by Gasteiger charge is -2.34. The number of carbonyl (C=O) groups excluding carboxylic acids is 1. The molecule has 1 aromatic rings. The van der Waals surface area contributed by atoms with Crippen molar-refractivity contribution in [3.05, 3.63) is 23.0 Å². The number of amides is 1. The molecule has 0 spiro atoms. The molecule has 2 saturated heterocycles. The molecule has 2 aliphatic heterocycles. The Balaban J connectivity index is 1.77. The molecule has 140 valence electrons. The summed E-state index contributed by atoms with van der Waals surface area (Å²) in [5.41, 5.74) is 1.84. The number of aromatic nitrogens is 1. The Morgan fingerprint density at radius 2 is 2.00 bits per heavy atom. The Bertz CT molecular complexity index is 622. The Morgan fingerprint density at radius 3 is 2.64 bits per heavy atom. The van der Waals surface area contributed by atoms with Crippen LogP contribution < -0.4 is 0 Å². The summed E-state index contributed by atoms with van der Waals surface area (Å²) in [5.74, 6) is -0.00172. The molecule has 3 rings (SSSR count). The summed E-state index contributed by atoms with van der Waals surface area (Å²) in [7, 11) is 0. The summed E-state index contributed by atoms with van der Waals surface area (Å²) in [6.45, 7) is 11.2. The first kappa shape index (κ1) is 18.4. The Morgan fingerprint density at radius 1 is 1.28 bits per heavy atom. The highest BCUT2D eigenvalue weighted by Crippen LogP contribution is 2.22. The molecule has 1 amide bonds. The van der Waals surface area contributed by atoms with Gasteiger partial charge in [-0.15, -0.1) is 0 Å². The van der Waals surface area contributed by atoms with Gasteiger partial charge < -0.3 is 24.2 Å². The molecule has 0 aromatic carbocycles. The van der Waals surface area contributed by atoms with Crippen LogP contribution in [0.5, 0.6) is 0 Å². The maximum absolute atomic E-state index is 13.1. The van der Waals surface area contributed by atoms with Gasteiger partial charge in [-0.05, 0) is 52.8 Å². The van der Waals surface area contributed by atoms with Gasteiger partial charge in [0.15, 0.2) is 0 Å². The van der Waals surface area contributed by atoms with Crippen LogP contribution in [0.3, 0.4) is 0 Å². The van der Waals surface area contributed by atoms with E-state index in [1.54, 1.807) is 4.90 Å². The van der Waals surface area contributed by atoms with E-state index in [-0.39, 0.29) is 5.91 Å². The van der Waals surface area contributed by atoms with Crippen LogP contribution in [0.25, 0.3) is 0 Å². The molecule has 2 aliphatic rings. The highest BCUT2D eigenvalue weighted by atomic mass is 16.5. The summed E-state index contributed by atoms with van der Waals surface area (Å²) < 4.78 is 7.79. The number of nitrogens with zero attached hydrogens (tertiary/aromatic N) is 3. The minimum atomic E-state index is -0.993. The van der Waals surface area contributed by atoms with Gasteiger partial charge in [-0.3, -0.25) is 4.79 Å². The second-order valence-corrected chi connectivity index (χ2v) is 7.52. The van der Waals surface area contributed by atoms with Crippen LogP contribution in [-0.2, 0) is 11.3 Å². The lowest BCUT2D eigenvalue weighted by atomic mass is 10.0. The van der Waals surface area contributed by atoms with E-state index in [1.807, 2.05) is 19.9 Å². The van der Waals surface area contributed by atoms with Crippen LogP contribution in [-0.4, -0.2) is 76.9 Å². The number of hydrogen-bond acceptors (Lipinski definition) is 4. The fourth-order valence-corrected chi connectivity index (χ4v) is 4.22. The van der Waals surface area contributed by atoms with E-state index in [1.165, 1.54) is 12.8 Å². The van der Waals surface area contributed by atoms with Crippen molar-refractivity contribution in [3.63, 3.8) is 0 Å². The van der Waals surface area contributed by atoms with E-state index in [2.05, 4.69) is 16.4 Å². The molecule has 3 heterocycles. The van der Waals surface area contributed by atoms with E-state index in [0.29, 0.717) is 32.8 Å². The number of aryl methyl sites for hydroxylation is 1.